The van der Waals surface area contributed by atoms with Crippen LogP contribution in [0.15, 0.2) is 125 Å². The van der Waals surface area contributed by atoms with Crippen LogP contribution >= 0.6 is 0 Å². The molecule has 0 spiro atoms. The van der Waals surface area contributed by atoms with Crippen molar-refractivity contribution in [3.05, 3.63) is 153 Å². The highest BCUT2D eigenvalue weighted by Gasteiger charge is 2.72. The third kappa shape index (κ3) is 5.78. The molecule has 5 aromatic rings. The first kappa shape index (κ1) is 32.4. The number of hydrogen-bond acceptors (Lipinski definition) is 7. The maximum Gasteiger partial charge on any atom is 0.330 e. The van der Waals surface area contributed by atoms with Crippen molar-refractivity contribution in [3.8, 4) is 0 Å². The number of nitrogens with one attached hydrogen (secondary N) is 1. The number of likely N-dealkylation sites (N-methyl/N-ethyl adjacent to an activating group) is 1. The third-order valence-electron chi connectivity index (χ3n) is 8.96. The van der Waals surface area contributed by atoms with Crippen molar-refractivity contribution in [1.29, 1.82) is 0 Å². The molecule has 2 radical (unpaired) electrons. The Labute approximate surface area is 281 Å². The molecule has 2 bridgehead atoms. The summed E-state index contributed by atoms with van der Waals surface area (Å²) >= 11 is 0. The highest BCUT2D eigenvalue weighted by molar-refractivity contribution is 6.32. The number of ether oxygens (including phenoxy) is 2. The van der Waals surface area contributed by atoms with Gasteiger partial charge in [0.25, 0.3) is 5.56 Å². The molecule has 0 saturated carbocycles. The fourth-order valence-electron chi connectivity index (χ4n) is 6.99. The predicted molar refractivity (Wildman–Crippen MR) is 184 cm³/mol. The monoisotopic (exact) mass is 661 g/mol. The number of aromatic amines is 1. The zero-order valence-electron chi connectivity index (χ0n) is 27.5. The average molecular weight is 662 g/mol. The minimum Gasteiger partial charge on any atom is -0.401 e. The lowest BCUT2D eigenvalue weighted by Crippen LogP contribution is -2.69. The van der Waals surface area contributed by atoms with Crippen LogP contribution in [0.25, 0.3) is 10.8 Å². The van der Waals surface area contributed by atoms with E-state index in [4.69, 9.17) is 18.7 Å². The maximum atomic E-state index is 13.3. The second-order valence-corrected chi connectivity index (χ2v) is 15.5. The van der Waals surface area contributed by atoms with Gasteiger partial charge in [0, 0.05) is 19.3 Å². The largest absolute Gasteiger partial charge is 0.401 e. The molecule has 2 fully saturated rings. The summed E-state index contributed by atoms with van der Waals surface area (Å²) in [5, 5.41) is 3.83. The Morgan fingerprint density at radius 3 is 2.17 bits per heavy atom. The van der Waals surface area contributed by atoms with Gasteiger partial charge in [0.05, 0.1) is 13.2 Å². The van der Waals surface area contributed by atoms with E-state index in [1.54, 1.807) is 5.06 Å². The lowest BCUT2D eigenvalue weighted by Gasteiger charge is -2.54. The zero-order chi connectivity index (χ0) is 33.5. The summed E-state index contributed by atoms with van der Waals surface area (Å²) in [7, 11) is 1.92. The Hall–Kier alpha value is -4.16. The standard InChI is InChI=1S/C38H39N3O6Si/c1-36(2,3)48-47-38(29-15-7-5-8-16-29,30-17-9-6-10-18-30)37-25-40(4)46-32(34(45-37)41-22-21-31(42)39-35(41)43)33(37)44-24-26-19-20-27-13-11-12-14-28(27)23-26/h5-23,32-34H,24-25H2,1-4H3,(H,39,42,43). The van der Waals surface area contributed by atoms with E-state index >= 15 is 0 Å². The molecule has 7 rings (SSSR count). The summed E-state index contributed by atoms with van der Waals surface area (Å²) < 4.78 is 23.0. The summed E-state index contributed by atoms with van der Waals surface area (Å²) in [6.07, 6.45) is -1.00. The summed E-state index contributed by atoms with van der Waals surface area (Å²) in [5.41, 5.74) is -0.799. The molecule has 4 aromatic carbocycles. The van der Waals surface area contributed by atoms with E-state index in [2.05, 4.69) is 80.4 Å². The summed E-state index contributed by atoms with van der Waals surface area (Å²) in [6, 6.07) is 36.0. The smallest absolute Gasteiger partial charge is 0.330 e. The van der Waals surface area contributed by atoms with E-state index in [-0.39, 0.29) is 28.0 Å². The van der Waals surface area contributed by atoms with Crippen LogP contribution in [0.2, 0.25) is 5.04 Å². The molecule has 9 nitrogen and oxygen atoms in total. The molecule has 1 N–H and O–H groups in total. The molecule has 1 aromatic heterocycles. The van der Waals surface area contributed by atoms with Crippen LogP contribution < -0.4 is 11.2 Å². The summed E-state index contributed by atoms with van der Waals surface area (Å²) in [6.45, 7) is 6.95. The van der Waals surface area contributed by atoms with Crippen molar-refractivity contribution in [1.82, 2.24) is 14.6 Å². The van der Waals surface area contributed by atoms with Crippen LogP contribution in [-0.2, 0) is 30.9 Å². The van der Waals surface area contributed by atoms with Gasteiger partial charge in [0.15, 0.2) is 17.9 Å². The van der Waals surface area contributed by atoms with Crippen LogP contribution in [0.1, 0.15) is 43.7 Å². The molecule has 3 heterocycles. The van der Waals surface area contributed by atoms with E-state index in [0.29, 0.717) is 0 Å². The second kappa shape index (κ2) is 12.7. The average Bonchev–Trinajstić information content (AvgIpc) is 3.27. The van der Waals surface area contributed by atoms with Crippen molar-refractivity contribution >= 4 is 20.5 Å². The molecule has 246 valence electrons. The van der Waals surface area contributed by atoms with Crippen molar-refractivity contribution in [2.45, 2.75) is 62.1 Å². The first-order chi connectivity index (χ1) is 23.1. The highest BCUT2D eigenvalue weighted by Crippen LogP contribution is 2.57. The number of nitrogens with zero attached hydrogens (tertiary/aromatic N) is 2. The molecule has 2 saturated heterocycles. The molecule has 10 heteroatoms. The van der Waals surface area contributed by atoms with E-state index < -0.39 is 40.9 Å². The Morgan fingerprint density at radius 1 is 0.875 bits per heavy atom. The number of aromatic nitrogens is 2. The van der Waals surface area contributed by atoms with Crippen LogP contribution in [0.4, 0.5) is 0 Å². The number of hydrogen-bond donors (Lipinski definition) is 1. The van der Waals surface area contributed by atoms with Gasteiger partial charge in [-0.1, -0.05) is 118 Å². The van der Waals surface area contributed by atoms with Crippen LogP contribution in [0, 0.1) is 0 Å². The number of fused-ring (bicyclic) bond motifs is 3. The van der Waals surface area contributed by atoms with E-state index in [0.717, 1.165) is 27.5 Å². The molecule has 2 aliphatic heterocycles. The molecule has 48 heavy (non-hydrogen) atoms. The second-order valence-electron chi connectivity index (χ2n) is 13.6. The number of hydroxylamine groups is 2. The van der Waals surface area contributed by atoms with Gasteiger partial charge in [-0.25, -0.2) is 4.79 Å². The van der Waals surface area contributed by atoms with Crippen molar-refractivity contribution in [2.24, 2.45) is 0 Å². The van der Waals surface area contributed by atoms with Gasteiger partial charge in [-0.3, -0.25) is 19.2 Å². The SMILES string of the molecule is CN1CC2(C(O[Si]C(C)(C)C)(c3ccccc3)c3ccccc3)OC(n3ccc(=O)[nH]c3=O)C(O1)C2OCc1ccc2ccccc2c1. The van der Waals surface area contributed by atoms with Crippen molar-refractivity contribution in [3.63, 3.8) is 0 Å². The van der Waals surface area contributed by atoms with Gasteiger partial charge < -0.3 is 13.9 Å². The molecular formula is C38H39N3O6Si. The van der Waals surface area contributed by atoms with Gasteiger partial charge >= 0.3 is 5.69 Å². The Kier molecular flexibility index (Phi) is 8.57. The topological polar surface area (TPSA) is 95.0 Å². The van der Waals surface area contributed by atoms with Crippen LogP contribution in [-0.4, -0.2) is 55.8 Å². The normalized spacial score (nSPS) is 23.0. The fourth-order valence-corrected chi connectivity index (χ4v) is 7.86. The lowest BCUT2D eigenvalue weighted by atomic mass is 9.69. The first-order valence-electron chi connectivity index (χ1n) is 16.1. The number of rotatable bonds is 9. The predicted octanol–water partition coefficient (Wildman–Crippen LogP) is 5.59. The molecule has 4 atom stereocenters. The minimum absolute atomic E-state index is 0.0601. The molecule has 4 unspecified atom stereocenters. The fraction of sp³-hybridized carbons (Fsp3) is 0.316. The third-order valence-corrected chi connectivity index (χ3v) is 9.99. The van der Waals surface area contributed by atoms with Gasteiger partial charge in [0.2, 0.25) is 9.76 Å². The van der Waals surface area contributed by atoms with E-state index in [1.165, 1.54) is 16.8 Å². The van der Waals surface area contributed by atoms with Crippen LogP contribution in [0.5, 0.6) is 0 Å². The van der Waals surface area contributed by atoms with Gasteiger partial charge in [-0.15, -0.1) is 0 Å². The Balaban J connectivity index is 1.45. The quantitative estimate of drug-likeness (QED) is 0.206. The summed E-state index contributed by atoms with van der Waals surface area (Å²) in [4.78, 5) is 34.4. The Bertz CT molecular complexity index is 1970. The molecule has 0 amide bonds. The lowest BCUT2D eigenvalue weighted by molar-refractivity contribution is -0.289. The van der Waals surface area contributed by atoms with Crippen molar-refractivity contribution < 1.29 is 18.7 Å². The zero-order valence-corrected chi connectivity index (χ0v) is 28.5. The van der Waals surface area contributed by atoms with Crippen molar-refractivity contribution in [2.75, 3.05) is 13.6 Å². The van der Waals surface area contributed by atoms with Gasteiger partial charge in [0.1, 0.15) is 11.7 Å². The van der Waals surface area contributed by atoms with Crippen LogP contribution in [0.3, 0.4) is 0 Å². The Morgan fingerprint density at radius 2 is 1.52 bits per heavy atom. The van der Waals surface area contributed by atoms with E-state index in [9.17, 15) is 9.59 Å². The molecule has 0 aliphatic carbocycles. The maximum absolute atomic E-state index is 13.3. The summed E-state index contributed by atoms with van der Waals surface area (Å²) in [5.74, 6) is 0. The molecule has 2 aliphatic rings. The minimum atomic E-state index is -1.25. The number of H-pyrrole nitrogens is 1. The number of benzene rings is 4. The molecular weight excluding hydrogens is 623 g/mol. The first-order valence-corrected chi connectivity index (χ1v) is 17.0. The highest BCUT2D eigenvalue weighted by atomic mass is 28.2. The van der Waals surface area contributed by atoms with Gasteiger partial charge in [-0.2, -0.15) is 5.06 Å². The van der Waals surface area contributed by atoms with E-state index in [1.807, 2.05) is 55.6 Å². The van der Waals surface area contributed by atoms with Gasteiger partial charge in [-0.05, 0) is 38.6 Å².